The van der Waals surface area contributed by atoms with Crippen LogP contribution < -0.4 is 14.4 Å². The lowest BCUT2D eigenvalue weighted by Crippen LogP contribution is -2.29. The Balaban J connectivity index is 2.00. The standard InChI is InChI=1S/C19H14N2O4/c1-24-15-10-14(16-13(17(15)25-2)8-5-9-20-16)21-18(22)11-6-3-4-7-12(11)19(21)23/h3-10H,1-2H3. The Kier molecular flexibility index (Phi) is 3.39. The van der Waals surface area contributed by atoms with Crippen molar-refractivity contribution in [3.63, 3.8) is 0 Å². The summed E-state index contributed by atoms with van der Waals surface area (Å²) in [5.41, 5.74) is 1.63. The van der Waals surface area contributed by atoms with E-state index < -0.39 is 0 Å². The first-order valence-electron chi connectivity index (χ1n) is 7.65. The van der Waals surface area contributed by atoms with Gasteiger partial charge in [-0.2, -0.15) is 0 Å². The number of carbonyl (C=O) groups excluding carboxylic acids is 2. The van der Waals surface area contributed by atoms with E-state index in [0.717, 1.165) is 4.90 Å². The second-order valence-electron chi connectivity index (χ2n) is 5.52. The number of rotatable bonds is 3. The molecule has 2 amide bonds. The lowest BCUT2D eigenvalue weighted by molar-refractivity contribution is 0.0926. The quantitative estimate of drug-likeness (QED) is 0.689. The summed E-state index contributed by atoms with van der Waals surface area (Å²) in [6, 6.07) is 11.9. The molecule has 3 aromatic rings. The molecular weight excluding hydrogens is 320 g/mol. The van der Waals surface area contributed by atoms with E-state index in [0.29, 0.717) is 39.2 Å². The van der Waals surface area contributed by atoms with E-state index in [9.17, 15) is 9.59 Å². The van der Waals surface area contributed by atoms with E-state index in [2.05, 4.69) is 4.98 Å². The van der Waals surface area contributed by atoms with Gasteiger partial charge in [-0.25, -0.2) is 4.90 Å². The highest BCUT2D eigenvalue weighted by atomic mass is 16.5. The number of methoxy groups -OCH3 is 2. The Bertz CT molecular complexity index is 994. The molecule has 0 fully saturated rings. The van der Waals surface area contributed by atoms with Crippen LogP contribution in [0.15, 0.2) is 48.7 Å². The number of hydrogen-bond donors (Lipinski definition) is 0. The van der Waals surface area contributed by atoms with Crippen LogP contribution in [-0.4, -0.2) is 31.0 Å². The zero-order chi connectivity index (χ0) is 17.6. The Morgan fingerprint density at radius 1 is 0.920 bits per heavy atom. The van der Waals surface area contributed by atoms with E-state index >= 15 is 0 Å². The van der Waals surface area contributed by atoms with Crippen molar-refractivity contribution >= 4 is 28.4 Å². The van der Waals surface area contributed by atoms with Crippen LogP contribution >= 0.6 is 0 Å². The minimum atomic E-state index is -0.375. The van der Waals surface area contributed by atoms with Crippen molar-refractivity contribution in [1.82, 2.24) is 4.98 Å². The molecule has 2 aromatic carbocycles. The number of imide groups is 1. The molecule has 25 heavy (non-hydrogen) atoms. The highest BCUT2D eigenvalue weighted by Gasteiger charge is 2.38. The molecule has 1 aliphatic heterocycles. The van der Waals surface area contributed by atoms with Gasteiger partial charge in [-0.3, -0.25) is 14.6 Å². The summed E-state index contributed by atoms with van der Waals surface area (Å²) in [5.74, 6) is 0.181. The van der Waals surface area contributed by atoms with E-state index in [4.69, 9.17) is 9.47 Å². The highest BCUT2D eigenvalue weighted by Crippen LogP contribution is 2.42. The summed E-state index contributed by atoms with van der Waals surface area (Å²) in [5, 5.41) is 0.663. The molecule has 1 aromatic heterocycles. The van der Waals surface area contributed by atoms with Gasteiger partial charge in [-0.1, -0.05) is 12.1 Å². The van der Waals surface area contributed by atoms with Crippen LogP contribution in [0.25, 0.3) is 10.9 Å². The lowest BCUT2D eigenvalue weighted by Gasteiger charge is -2.19. The van der Waals surface area contributed by atoms with Gasteiger partial charge in [-0.15, -0.1) is 0 Å². The molecule has 0 N–H and O–H groups in total. The summed E-state index contributed by atoms with van der Waals surface area (Å²) in [6.07, 6.45) is 1.61. The van der Waals surface area contributed by atoms with Gasteiger partial charge in [0.05, 0.1) is 36.6 Å². The molecule has 6 heteroatoms. The number of nitrogens with zero attached hydrogens (tertiary/aromatic N) is 2. The first-order valence-corrected chi connectivity index (χ1v) is 7.65. The maximum absolute atomic E-state index is 12.8. The van der Waals surface area contributed by atoms with Gasteiger partial charge in [-0.05, 0) is 24.3 Å². The molecule has 0 aliphatic carbocycles. The fourth-order valence-corrected chi connectivity index (χ4v) is 3.12. The number of anilines is 1. The van der Waals surface area contributed by atoms with Crippen molar-refractivity contribution in [1.29, 1.82) is 0 Å². The van der Waals surface area contributed by atoms with E-state index in [-0.39, 0.29) is 11.8 Å². The predicted molar refractivity (Wildman–Crippen MR) is 92.4 cm³/mol. The number of hydrogen-bond acceptors (Lipinski definition) is 5. The van der Waals surface area contributed by atoms with Crippen LogP contribution in [0, 0.1) is 0 Å². The minimum Gasteiger partial charge on any atom is -0.493 e. The first-order chi connectivity index (χ1) is 12.2. The number of fused-ring (bicyclic) bond motifs is 2. The third-order valence-electron chi connectivity index (χ3n) is 4.25. The molecular formula is C19H14N2O4. The molecule has 0 unspecified atom stereocenters. The lowest BCUT2D eigenvalue weighted by atomic mass is 10.1. The molecule has 2 heterocycles. The van der Waals surface area contributed by atoms with Crippen LogP contribution in [0.4, 0.5) is 5.69 Å². The van der Waals surface area contributed by atoms with E-state index in [1.807, 2.05) is 6.07 Å². The maximum atomic E-state index is 12.8. The van der Waals surface area contributed by atoms with Crippen molar-refractivity contribution in [3.05, 3.63) is 59.8 Å². The van der Waals surface area contributed by atoms with Crippen molar-refractivity contribution in [2.24, 2.45) is 0 Å². The van der Waals surface area contributed by atoms with Gasteiger partial charge < -0.3 is 9.47 Å². The van der Waals surface area contributed by atoms with Crippen molar-refractivity contribution in [2.45, 2.75) is 0 Å². The van der Waals surface area contributed by atoms with Gasteiger partial charge in [0.1, 0.15) is 0 Å². The SMILES string of the molecule is COc1cc(N2C(=O)c3ccccc3C2=O)c2ncccc2c1OC. The van der Waals surface area contributed by atoms with Crippen molar-refractivity contribution < 1.29 is 19.1 Å². The monoisotopic (exact) mass is 334 g/mol. The highest BCUT2D eigenvalue weighted by molar-refractivity contribution is 6.36. The summed E-state index contributed by atoms with van der Waals surface area (Å²) in [6.45, 7) is 0. The van der Waals surface area contributed by atoms with Crippen LogP contribution in [0.3, 0.4) is 0 Å². The molecule has 6 nitrogen and oxygen atoms in total. The van der Waals surface area contributed by atoms with E-state index in [1.54, 1.807) is 42.6 Å². The maximum Gasteiger partial charge on any atom is 0.266 e. The summed E-state index contributed by atoms with van der Waals surface area (Å²) < 4.78 is 10.8. The smallest absolute Gasteiger partial charge is 0.266 e. The predicted octanol–water partition coefficient (Wildman–Crippen LogP) is 3.05. The second kappa shape index (κ2) is 5.59. The summed E-state index contributed by atoms with van der Waals surface area (Å²) >= 11 is 0. The minimum absolute atomic E-state index is 0.374. The number of benzene rings is 2. The average molecular weight is 334 g/mol. The molecule has 0 bridgehead atoms. The van der Waals surface area contributed by atoms with Crippen molar-refractivity contribution in [3.8, 4) is 11.5 Å². The molecule has 0 spiro atoms. The largest absolute Gasteiger partial charge is 0.493 e. The van der Waals surface area contributed by atoms with Crippen LogP contribution in [0.1, 0.15) is 20.7 Å². The molecule has 0 saturated heterocycles. The molecule has 4 rings (SSSR count). The zero-order valence-electron chi connectivity index (χ0n) is 13.6. The Morgan fingerprint density at radius 3 is 2.20 bits per heavy atom. The van der Waals surface area contributed by atoms with E-state index in [1.165, 1.54) is 14.2 Å². The topological polar surface area (TPSA) is 68.7 Å². The molecule has 124 valence electrons. The summed E-state index contributed by atoms with van der Waals surface area (Å²) in [7, 11) is 3.04. The Hall–Kier alpha value is -3.41. The zero-order valence-corrected chi connectivity index (χ0v) is 13.6. The van der Waals surface area contributed by atoms with Gasteiger partial charge in [0.25, 0.3) is 11.8 Å². The van der Waals surface area contributed by atoms with Gasteiger partial charge in [0, 0.05) is 17.6 Å². The summed E-state index contributed by atoms with van der Waals surface area (Å²) in [4.78, 5) is 31.1. The molecule has 1 aliphatic rings. The van der Waals surface area contributed by atoms with Crippen LogP contribution in [-0.2, 0) is 0 Å². The van der Waals surface area contributed by atoms with Crippen LogP contribution in [0.5, 0.6) is 11.5 Å². The Morgan fingerprint density at radius 2 is 1.60 bits per heavy atom. The molecule has 0 atom stereocenters. The third-order valence-corrected chi connectivity index (χ3v) is 4.25. The number of aromatic nitrogens is 1. The van der Waals surface area contributed by atoms with Gasteiger partial charge in [0.2, 0.25) is 0 Å². The third kappa shape index (κ3) is 2.07. The first kappa shape index (κ1) is 15.1. The number of carbonyl (C=O) groups is 2. The number of ether oxygens (including phenoxy) is 2. The van der Waals surface area contributed by atoms with Crippen LogP contribution in [0.2, 0.25) is 0 Å². The Labute approximate surface area is 143 Å². The average Bonchev–Trinajstić information content (AvgIpc) is 2.91. The fourth-order valence-electron chi connectivity index (χ4n) is 3.12. The van der Waals surface area contributed by atoms with Gasteiger partial charge in [0.15, 0.2) is 11.5 Å². The normalized spacial score (nSPS) is 13.3. The number of amides is 2. The van der Waals surface area contributed by atoms with Gasteiger partial charge >= 0.3 is 0 Å². The van der Waals surface area contributed by atoms with Crippen molar-refractivity contribution in [2.75, 3.05) is 19.1 Å². The molecule has 0 saturated carbocycles. The molecule has 0 radical (unpaired) electrons. The second-order valence-corrected chi connectivity index (χ2v) is 5.52. The number of pyridine rings is 1. The fraction of sp³-hybridized carbons (Fsp3) is 0.105.